The fourth-order valence-electron chi connectivity index (χ4n) is 2.59. The van der Waals surface area contributed by atoms with Crippen molar-refractivity contribution < 1.29 is 19.5 Å². The quantitative estimate of drug-likeness (QED) is 0.847. The van der Waals surface area contributed by atoms with Crippen molar-refractivity contribution in [3.05, 3.63) is 71.1 Å². The number of carboxylic acid groups (broad SMARTS) is 1. The van der Waals surface area contributed by atoms with Gasteiger partial charge in [-0.25, -0.2) is 4.79 Å². The Morgan fingerprint density at radius 1 is 1.08 bits per heavy atom. The topological polar surface area (TPSA) is 86.7 Å². The highest BCUT2D eigenvalue weighted by Crippen LogP contribution is 2.28. The third-order valence-electron chi connectivity index (χ3n) is 3.80. The van der Waals surface area contributed by atoms with Gasteiger partial charge in [0.25, 0.3) is 0 Å². The van der Waals surface area contributed by atoms with Gasteiger partial charge in [0, 0.05) is 0 Å². The van der Waals surface area contributed by atoms with Crippen molar-refractivity contribution in [3.8, 4) is 0 Å². The first-order valence-electron chi connectivity index (χ1n) is 7.86. The second-order valence-corrected chi connectivity index (χ2v) is 6.42. The molecule has 2 N–H and O–H groups in total. The first-order chi connectivity index (χ1) is 12.6. The predicted octanol–water partition coefficient (Wildman–Crippen LogP) is 2.90. The molecule has 0 saturated carbocycles. The highest BCUT2D eigenvalue weighted by atomic mass is 32.2. The van der Waals surface area contributed by atoms with Crippen LogP contribution >= 0.6 is 11.8 Å². The molecular weight excluding hydrogens is 352 g/mol. The number of carbonyl (C=O) groups is 3. The summed E-state index contributed by atoms with van der Waals surface area (Å²) >= 11 is 1.38. The van der Waals surface area contributed by atoms with Gasteiger partial charge in [0.05, 0.1) is 22.7 Å². The van der Waals surface area contributed by atoms with Crippen LogP contribution in [0.4, 0.5) is 5.69 Å². The smallest absolute Gasteiger partial charge is 0.337 e. The predicted molar refractivity (Wildman–Crippen MR) is 101 cm³/mol. The van der Waals surface area contributed by atoms with Gasteiger partial charge in [0.1, 0.15) is 6.54 Å². The maximum Gasteiger partial charge on any atom is 0.337 e. The number of carboxylic acids is 1. The molecule has 2 aromatic carbocycles. The zero-order chi connectivity index (χ0) is 18.5. The van der Waals surface area contributed by atoms with Crippen molar-refractivity contribution >= 4 is 40.9 Å². The van der Waals surface area contributed by atoms with E-state index in [0.717, 1.165) is 5.56 Å². The number of aromatic carboxylic acids is 1. The molecule has 6 nitrogen and oxygen atoms in total. The lowest BCUT2D eigenvalue weighted by Gasteiger charge is -2.28. The number of benzene rings is 2. The number of nitrogens with zero attached hydrogens (tertiary/aromatic N) is 1. The highest BCUT2D eigenvalue weighted by molar-refractivity contribution is 8.03. The second-order valence-electron chi connectivity index (χ2n) is 5.56. The molecule has 0 spiro atoms. The molecule has 26 heavy (non-hydrogen) atoms. The lowest BCUT2D eigenvalue weighted by Crippen LogP contribution is -2.39. The minimum Gasteiger partial charge on any atom is -0.478 e. The van der Waals surface area contributed by atoms with Gasteiger partial charge in [-0.1, -0.05) is 42.5 Å². The lowest BCUT2D eigenvalue weighted by atomic mass is 10.1. The third-order valence-corrected chi connectivity index (χ3v) is 4.60. The van der Waals surface area contributed by atoms with Crippen LogP contribution in [-0.4, -0.2) is 40.1 Å². The Bertz CT molecular complexity index is 880. The summed E-state index contributed by atoms with van der Waals surface area (Å²) in [5, 5.41) is 13.6. The monoisotopic (exact) mass is 368 g/mol. The molecule has 1 aliphatic heterocycles. The minimum atomic E-state index is -1.13. The van der Waals surface area contributed by atoms with Crippen LogP contribution in [0.1, 0.15) is 15.9 Å². The molecule has 3 rings (SSSR count). The fraction of sp³-hybridized carbons (Fsp3) is 0.105. The Morgan fingerprint density at radius 2 is 1.77 bits per heavy atom. The average molecular weight is 368 g/mol. The van der Waals surface area contributed by atoms with Crippen molar-refractivity contribution in [3.63, 3.8) is 0 Å². The van der Waals surface area contributed by atoms with E-state index in [1.165, 1.54) is 28.8 Å². The van der Waals surface area contributed by atoms with Gasteiger partial charge in [-0.2, -0.15) is 0 Å². The van der Waals surface area contributed by atoms with E-state index in [4.69, 9.17) is 0 Å². The molecule has 132 valence electrons. The van der Waals surface area contributed by atoms with E-state index in [-0.39, 0.29) is 29.5 Å². The fourth-order valence-corrected chi connectivity index (χ4v) is 3.39. The van der Waals surface area contributed by atoms with Gasteiger partial charge in [-0.05, 0) is 23.1 Å². The van der Waals surface area contributed by atoms with Crippen LogP contribution in [0.2, 0.25) is 0 Å². The average Bonchev–Trinajstić information content (AvgIpc) is 2.64. The van der Waals surface area contributed by atoms with Crippen molar-refractivity contribution in [1.29, 1.82) is 0 Å². The maximum atomic E-state index is 12.4. The van der Waals surface area contributed by atoms with Crippen molar-refractivity contribution in [2.45, 2.75) is 0 Å². The normalized spacial score (nSPS) is 13.9. The maximum absolute atomic E-state index is 12.4. The van der Waals surface area contributed by atoms with Crippen molar-refractivity contribution in [1.82, 2.24) is 4.90 Å². The zero-order valence-electron chi connectivity index (χ0n) is 13.7. The van der Waals surface area contributed by atoms with E-state index >= 15 is 0 Å². The first-order valence-corrected chi connectivity index (χ1v) is 8.91. The number of nitrogens with one attached hydrogen (secondary N) is 1. The number of amides is 2. The summed E-state index contributed by atoms with van der Waals surface area (Å²) in [6.45, 7) is -0.186. The molecule has 0 bridgehead atoms. The van der Waals surface area contributed by atoms with E-state index in [9.17, 15) is 19.5 Å². The van der Waals surface area contributed by atoms with Gasteiger partial charge in [-0.3, -0.25) is 9.59 Å². The number of thioether (sulfide) groups is 1. The van der Waals surface area contributed by atoms with Crippen LogP contribution in [0, 0.1) is 0 Å². The standard InChI is InChI=1S/C19H16N2O4S/c22-17(20-15-9-5-4-8-14(15)19(24)25)10-21-16(11-26-12-18(21)23)13-6-2-1-3-7-13/h1-9,11H,10,12H2,(H,20,22)(H,24,25). The summed E-state index contributed by atoms with van der Waals surface area (Å²) < 4.78 is 0. The second kappa shape index (κ2) is 7.88. The summed E-state index contributed by atoms with van der Waals surface area (Å²) in [6, 6.07) is 15.5. The zero-order valence-corrected chi connectivity index (χ0v) is 14.5. The van der Waals surface area contributed by atoms with Gasteiger partial charge in [0.2, 0.25) is 11.8 Å². The highest BCUT2D eigenvalue weighted by Gasteiger charge is 2.25. The number of hydrogen-bond donors (Lipinski definition) is 2. The molecule has 0 aliphatic carbocycles. The molecule has 7 heteroatoms. The minimum absolute atomic E-state index is 0.000186. The van der Waals surface area contributed by atoms with Crippen LogP contribution < -0.4 is 5.32 Å². The summed E-state index contributed by atoms with van der Waals surface area (Å²) in [5.74, 6) is -1.50. The Balaban J connectivity index is 1.79. The third kappa shape index (κ3) is 3.94. The number of hydrogen-bond acceptors (Lipinski definition) is 4. The van der Waals surface area contributed by atoms with Gasteiger partial charge >= 0.3 is 5.97 Å². The van der Waals surface area contributed by atoms with E-state index in [0.29, 0.717) is 5.70 Å². The van der Waals surface area contributed by atoms with Crippen LogP contribution in [0.15, 0.2) is 60.0 Å². The molecule has 0 aromatic heterocycles. The molecule has 0 fully saturated rings. The van der Waals surface area contributed by atoms with E-state index in [2.05, 4.69) is 5.32 Å². The van der Waals surface area contributed by atoms with Crippen molar-refractivity contribution in [2.75, 3.05) is 17.6 Å². The van der Waals surface area contributed by atoms with Crippen LogP contribution in [-0.2, 0) is 9.59 Å². The molecule has 2 amide bonds. The molecule has 2 aromatic rings. The van der Waals surface area contributed by atoms with Crippen molar-refractivity contribution in [2.24, 2.45) is 0 Å². The molecule has 0 saturated heterocycles. The number of para-hydroxylation sites is 1. The molecule has 1 aliphatic rings. The molecule has 0 radical (unpaired) electrons. The van der Waals surface area contributed by atoms with E-state index in [1.54, 1.807) is 12.1 Å². The number of anilines is 1. The summed E-state index contributed by atoms with van der Waals surface area (Å²) in [7, 11) is 0. The Labute approximate surface area is 154 Å². The lowest BCUT2D eigenvalue weighted by molar-refractivity contribution is -0.129. The van der Waals surface area contributed by atoms with E-state index in [1.807, 2.05) is 35.7 Å². The van der Waals surface area contributed by atoms with Crippen LogP contribution in [0.3, 0.4) is 0 Å². The summed E-state index contributed by atoms with van der Waals surface area (Å²) in [4.78, 5) is 37.5. The summed E-state index contributed by atoms with van der Waals surface area (Å²) in [5.41, 5.74) is 1.70. The Morgan fingerprint density at radius 3 is 2.50 bits per heavy atom. The molecular formula is C19H16N2O4S. The van der Waals surface area contributed by atoms with Crippen LogP contribution in [0.5, 0.6) is 0 Å². The number of rotatable bonds is 5. The SMILES string of the molecule is O=C(CN1C(=O)CSC=C1c1ccccc1)Nc1ccccc1C(=O)O. The van der Waals surface area contributed by atoms with Crippen LogP contribution in [0.25, 0.3) is 5.70 Å². The first kappa shape index (κ1) is 17.8. The molecule has 0 unspecified atom stereocenters. The largest absolute Gasteiger partial charge is 0.478 e. The van der Waals surface area contributed by atoms with E-state index < -0.39 is 11.9 Å². The molecule has 0 atom stereocenters. The van der Waals surface area contributed by atoms with Gasteiger partial charge in [-0.15, -0.1) is 11.8 Å². The number of carbonyl (C=O) groups excluding carboxylic acids is 2. The Kier molecular flexibility index (Phi) is 5.38. The van der Waals surface area contributed by atoms with Gasteiger partial charge in [0.15, 0.2) is 0 Å². The van der Waals surface area contributed by atoms with Gasteiger partial charge < -0.3 is 15.3 Å². The Hall–Kier alpha value is -3.06. The summed E-state index contributed by atoms with van der Waals surface area (Å²) in [6.07, 6.45) is 0. The molecule has 1 heterocycles.